The van der Waals surface area contributed by atoms with E-state index in [9.17, 15) is 13.8 Å². The third-order valence-electron chi connectivity index (χ3n) is 2.51. The van der Waals surface area contributed by atoms with Crippen molar-refractivity contribution in [2.45, 2.75) is 26.4 Å². The van der Waals surface area contributed by atoms with Gasteiger partial charge in [-0.1, -0.05) is 13.8 Å². The Bertz CT molecular complexity index is 356. The number of methoxy groups -OCH3 is 1. The first-order chi connectivity index (χ1) is 8.36. The van der Waals surface area contributed by atoms with Gasteiger partial charge in [0.1, 0.15) is 0 Å². The molecule has 0 aliphatic carbocycles. The zero-order valence-electron chi connectivity index (χ0n) is 10.6. The van der Waals surface area contributed by atoms with Crippen molar-refractivity contribution >= 4 is 23.2 Å². The van der Waals surface area contributed by atoms with Crippen molar-refractivity contribution in [3.8, 4) is 0 Å². The maximum Gasteiger partial charge on any atom is 0.307 e. The molecule has 0 aromatic heterocycles. The van der Waals surface area contributed by atoms with Crippen molar-refractivity contribution in [2.24, 2.45) is 5.41 Å². The molecule has 1 N–H and O–H groups in total. The second-order valence-electron chi connectivity index (χ2n) is 4.55. The van der Waals surface area contributed by atoms with Gasteiger partial charge in [0.05, 0.1) is 20.1 Å². The van der Waals surface area contributed by atoms with Crippen LogP contribution in [0.4, 0.5) is 0 Å². The molecule has 1 rings (SSSR count). The highest BCUT2D eigenvalue weighted by Gasteiger charge is 2.42. The van der Waals surface area contributed by atoms with Crippen molar-refractivity contribution in [3.63, 3.8) is 0 Å². The molecule has 0 bridgehead atoms. The molecule has 0 aromatic rings. The molecule has 18 heavy (non-hydrogen) atoms. The van der Waals surface area contributed by atoms with Crippen LogP contribution < -0.4 is 5.32 Å². The molecule has 2 atom stereocenters. The van der Waals surface area contributed by atoms with Crippen molar-refractivity contribution in [2.75, 3.05) is 20.3 Å². The van der Waals surface area contributed by atoms with Gasteiger partial charge in [-0.3, -0.25) is 18.0 Å². The first kappa shape index (κ1) is 15.1. The highest BCUT2D eigenvalue weighted by atomic mass is 32.2. The fourth-order valence-electron chi connectivity index (χ4n) is 1.39. The van der Waals surface area contributed by atoms with Crippen LogP contribution in [0, 0.1) is 5.41 Å². The third-order valence-corrected chi connectivity index (χ3v) is 3.17. The Morgan fingerprint density at radius 2 is 2.17 bits per heavy atom. The number of carbonyl (C=O) groups is 2. The molecule has 8 heteroatoms. The maximum atomic E-state index is 11.9. The largest absolute Gasteiger partial charge is 0.469 e. The van der Waals surface area contributed by atoms with Crippen LogP contribution in [0.1, 0.15) is 20.3 Å². The summed E-state index contributed by atoms with van der Waals surface area (Å²) in [6, 6.07) is 0. The van der Waals surface area contributed by atoms with Crippen LogP contribution in [-0.4, -0.2) is 42.5 Å². The van der Waals surface area contributed by atoms with Gasteiger partial charge in [-0.05, 0) is 0 Å². The van der Waals surface area contributed by atoms with Gasteiger partial charge in [0.25, 0.3) is 5.91 Å². The van der Waals surface area contributed by atoms with E-state index in [1.165, 1.54) is 7.11 Å². The van der Waals surface area contributed by atoms with Crippen LogP contribution >= 0.6 is 0 Å². The Balaban J connectivity index is 2.49. The summed E-state index contributed by atoms with van der Waals surface area (Å²) in [6.45, 7) is 3.85. The minimum atomic E-state index is -1.91. The topological polar surface area (TPSA) is 90.9 Å². The van der Waals surface area contributed by atoms with Gasteiger partial charge in [0.15, 0.2) is 6.10 Å². The van der Waals surface area contributed by atoms with Gasteiger partial charge in [0.2, 0.25) is 0 Å². The monoisotopic (exact) mass is 279 g/mol. The molecule has 2 unspecified atom stereocenters. The Kier molecular flexibility index (Phi) is 5.24. The number of ether oxygens (including phenoxy) is 1. The minimum absolute atomic E-state index is 0.0784. The third kappa shape index (κ3) is 4.04. The summed E-state index contributed by atoms with van der Waals surface area (Å²) in [7, 11) is 1.28. The van der Waals surface area contributed by atoms with E-state index in [0.717, 1.165) is 0 Å². The number of rotatable bonds is 4. The van der Waals surface area contributed by atoms with E-state index in [2.05, 4.69) is 10.1 Å². The molecule has 7 nitrogen and oxygen atoms in total. The summed E-state index contributed by atoms with van der Waals surface area (Å²) < 4.78 is 25.4. The predicted molar refractivity (Wildman–Crippen MR) is 62.4 cm³/mol. The molecule has 0 aromatic carbocycles. The number of hydrogen-bond acceptors (Lipinski definition) is 6. The average Bonchev–Trinajstić information content (AvgIpc) is 2.31. The van der Waals surface area contributed by atoms with Crippen LogP contribution in [0.3, 0.4) is 0 Å². The van der Waals surface area contributed by atoms with Gasteiger partial charge in [-0.25, -0.2) is 0 Å². The predicted octanol–water partition coefficient (Wildman–Crippen LogP) is -0.314. The molecule has 0 spiro atoms. The number of esters is 1. The van der Waals surface area contributed by atoms with Crippen LogP contribution in [0.5, 0.6) is 0 Å². The van der Waals surface area contributed by atoms with E-state index >= 15 is 0 Å². The molecule has 0 radical (unpaired) electrons. The second-order valence-corrected chi connectivity index (χ2v) is 5.38. The van der Waals surface area contributed by atoms with Crippen molar-refractivity contribution in [1.82, 2.24) is 5.32 Å². The molecular weight excluding hydrogens is 262 g/mol. The van der Waals surface area contributed by atoms with Gasteiger partial charge < -0.3 is 10.1 Å². The van der Waals surface area contributed by atoms with E-state index in [1.807, 2.05) is 0 Å². The summed E-state index contributed by atoms with van der Waals surface area (Å²) in [4.78, 5) is 22.7. The zero-order valence-corrected chi connectivity index (χ0v) is 11.4. The van der Waals surface area contributed by atoms with E-state index in [1.54, 1.807) is 13.8 Å². The highest BCUT2D eigenvalue weighted by Crippen LogP contribution is 2.29. The summed E-state index contributed by atoms with van der Waals surface area (Å²) in [5, 5.41) is 2.54. The second kappa shape index (κ2) is 6.26. The Labute approximate surface area is 108 Å². The van der Waals surface area contributed by atoms with Gasteiger partial charge in [0, 0.05) is 12.0 Å². The van der Waals surface area contributed by atoms with E-state index in [4.69, 9.17) is 8.37 Å². The summed E-state index contributed by atoms with van der Waals surface area (Å²) in [6.07, 6.45) is -0.792. The van der Waals surface area contributed by atoms with Gasteiger partial charge in [-0.2, -0.15) is 4.21 Å². The minimum Gasteiger partial charge on any atom is -0.469 e. The molecule has 0 saturated carbocycles. The summed E-state index contributed by atoms with van der Waals surface area (Å²) in [5.74, 6) is -0.827. The van der Waals surface area contributed by atoms with E-state index in [0.29, 0.717) is 0 Å². The zero-order chi connectivity index (χ0) is 13.8. The van der Waals surface area contributed by atoms with Crippen LogP contribution in [-0.2, 0) is 34.1 Å². The lowest BCUT2D eigenvalue weighted by Gasteiger charge is -2.35. The van der Waals surface area contributed by atoms with Crippen molar-refractivity contribution in [1.29, 1.82) is 0 Å². The first-order valence-corrected chi connectivity index (χ1v) is 6.43. The highest BCUT2D eigenvalue weighted by molar-refractivity contribution is 7.75. The lowest BCUT2D eigenvalue weighted by Crippen LogP contribution is -2.51. The lowest BCUT2D eigenvalue weighted by molar-refractivity contribution is -0.141. The standard InChI is InChI=1S/C10H17NO6S/c1-10(2)6-16-18(14)17-8(10)9(13)11-5-4-7(12)15-3/h8H,4-6H2,1-3H3,(H,11,13). The normalized spacial score (nSPS) is 26.4. The molecule has 1 aliphatic heterocycles. The molecule has 1 saturated heterocycles. The summed E-state index contributed by atoms with van der Waals surface area (Å²) >= 11 is -1.91. The number of carbonyl (C=O) groups excluding carboxylic acids is 2. The maximum absolute atomic E-state index is 11.9. The van der Waals surface area contributed by atoms with Crippen LogP contribution in [0.15, 0.2) is 0 Å². The molecule has 1 amide bonds. The molecule has 1 fully saturated rings. The Morgan fingerprint density at radius 3 is 2.78 bits per heavy atom. The molecule has 1 aliphatic rings. The average molecular weight is 279 g/mol. The SMILES string of the molecule is COC(=O)CCNC(=O)C1OS(=O)OCC1(C)C. The van der Waals surface area contributed by atoms with Gasteiger partial charge in [-0.15, -0.1) is 0 Å². The first-order valence-electron chi connectivity index (χ1n) is 5.43. The van der Waals surface area contributed by atoms with Crippen LogP contribution in [0.25, 0.3) is 0 Å². The number of hydrogen-bond donors (Lipinski definition) is 1. The molecular formula is C10H17NO6S. The van der Waals surface area contributed by atoms with E-state index in [-0.39, 0.29) is 19.6 Å². The van der Waals surface area contributed by atoms with E-state index < -0.39 is 34.8 Å². The summed E-state index contributed by atoms with van der Waals surface area (Å²) in [5.41, 5.74) is -0.580. The lowest BCUT2D eigenvalue weighted by atomic mass is 9.87. The molecule has 104 valence electrons. The number of nitrogens with one attached hydrogen (secondary N) is 1. The Morgan fingerprint density at radius 1 is 1.50 bits per heavy atom. The smallest absolute Gasteiger partial charge is 0.307 e. The fourth-order valence-corrected chi connectivity index (χ4v) is 2.35. The fraction of sp³-hybridized carbons (Fsp3) is 0.800. The van der Waals surface area contributed by atoms with Crippen molar-refractivity contribution < 1.29 is 26.9 Å². The molecule has 1 heterocycles. The Hall–Kier alpha value is -0.990. The quantitative estimate of drug-likeness (QED) is 0.710. The van der Waals surface area contributed by atoms with Gasteiger partial charge >= 0.3 is 17.3 Å². The number of amides is 1. The van der Waals surface area contributed by atoms with Crippen molar-refractivity contribution in [3.05, 3.63) is 0 Å². The van der Waals surface area contributed by atoms with Crippen LogP contribution in [0.2, 0.25) is 0 Å².